The molecule has 1 N–H and O–H groups in total. The Morgan fingerprint density at radius 2 is 2.17 bits per heavy atom. The normalized spacial score (nSPS) is 40.3. The summed E-state index contributed by atoms with van der Waals surface area (Å²) < 4.78 is 0. The summed E-state index contributed by atoms with van der Waals surface area (Å²) in [6.07, 6.45) is 8.61. The van der Waals surface area contributed by atoms with Gasteiger partial charge in [0.25, 0.3) is 0 Å². The van der Waals surface area contributed by atoms with E-state index in [2.05, 4.69) is 17.1 Å². The second kappa shape index (κ2) is 5.20. The molecule has 0 aromatic carbocycles. The zero-order valence-electron chi connectivity index (χ0n) is 11.5. The second-order valence-corrected chi connectivity index (χ2v) is 6.65. The molecule has 0 bridgehead atoms. The Labute approximate surface area is 110 Å². The monoisotopic (exact) mass is 250 g/mol. The van der Waals surface area contributed by atoms with Gasteiger partial charge in [0.2, 0.25) is 5.91 Å². The lowest BCUT2D eigenvalue weighted by molar-refractivity contribution is -0.129. The van der Waals surface area contributed by atoms with Crippen molar-refractivity contribution in [2.75, 3.05) is 13.1 Å². The Kier molecular flexibility index (Phi) is 3.60. The number of hydrogen-bond donors (Lipinski definition) is 1. The van der Waals surface area contributed by atoms with Crippen LogP contribution in [-0.4, -0.2) is 36.0 Å². The summed E-state index contributed by atoms with van der Waals surface area (Å²) in [7, 11) is 0. The van der Waals surface area contributed by atoms with Crippen LogP contribution in [-0.2, 0) is 4.79 Å². The highest BCUT2D eigenvalue weighted by Crippen LogP contribution is 2.31. The van der Waals surface area contributed by atoms with Crippen LogP contribution >= 0.6 is 0 Å². The first kappa shape index (κ1) is 12.5. The summed E-state index contributed by atoms with van der Waals surface area (Å²) in [4.78, 5) is 14.1. The molecule has 0 spiro atoms. The van der Waals surface area contributed by atoms with Crippen LogP contribution in [0.25, 0.3) is 0 Å². The first-order valence-electron chi connectivity index (χ1n) is 7.77. The van der Waals surface area contributed by atoms with E-state index in [9.17, 15) is 4.79 Å². The van der Waals surface area contributed by atoms with Crippen molar-refractivity contribution < 1.29 is 4.79 Å². The highest BCUT2D eigenvalue weighted by molar-refractivity contribution is 5.80. The first-order chi connectivity index (χ1) is 8.74. The van der Waals surface area contributed by atoms with Gasteiger partial charge in [-0.15, -0.1) is 0 Å². The predicted molar refractivity (Wildman–Crippen MR) is 72.3 cm³/mol. The van der Waals surface area contributed by atoms with Crippen LogP contribution in [0.2, 0.25) is 0 Å². The van der Waals surface area contributed by atoms with Crippen molar-refractivity contribution in [2.24, 2.45) is 11.8 Å². The molecule has 0 aromatic rings. The summed E-state index contributed by atoms with van der Waals surface area (Å²) in [5.41, 5.74) is 0. The van der Waals surface area contributed by atoms with E-state index in [1.807, 2.05) is 0 Å². The Morgan fingerprint density at radius 3 is 2.94 bits per heavy atom. The van der Waals surface area contributed by atoms with Gasteiger partial charge in [-0.2, -0.15) is 0 Å². The van der Waals surface area contributed by atoms with Crippen molar-refractivity contribution >= 4 is 5.91 Å². The van der Waals surface area contributed by atoms with E-state index in [1.165, 1.54) is 38.5 Å². The SMILES string of the molecule is CC1CCC(CNC2CC(=O)N3CCCCC23)C1. The van der Waals surface area contributed by atoms with Crippen molar-refractivity contribution in [3.8, 4) is 0 Å². The molecule has 3 rings (SSSR count). The fourth-order valence-corrected chi connectivity index (χ4v) is 4.16. The maximum atomic E-state index is 12.0. The summed E-state index contributed by atoms with van der Waals surface area (Å²) in [5, 5.41) is 3.71. The third-order valence-electron chi connectivity index (χ3n) is 5.20. The van der Waals surface area contributed by atoms with E-state index in [1.54, 1.807) is 0 Å². The lowest BCUT2D eigenvalue weighted by Crippen LogP contribution is -2.46. The number of rotatable bonds is 3. The fourth-order valence-electron chi connectivity index (χ4n) is 4.16. The van der Waals surface area contributed by atoms with E-state index >= 15 is 0 Å². The van der Waals surface area contributed by atoms with Crippen LogP contribution < -0.4 is 5.32 Å². The molecule has 3 nitrogen and oxygen atoms in total. The van der Waals surface area contributed by atoms with E-state index in [-0.39, 0.29) is 0 Å². The number of fused-ring (bicyclic) bond motifs is 1. The van der Waals surface area contributed by atoms with Crippen LogP contribution in [0.4, 0.5) is 0 Å². The number of nitrogens with one attached hydrogen (secondary N) is 1. The molecule has 0 radical (unpaired) electrons. The molecule has 3 fully saturated rings. The highest BCUT2D eigenvalue weighted by atomic mass is 16.2. The zero-order chi connectivity index (χ0) is 12.5. The van der Waals surface area contributed by atoms with Crippen LogP contribution in [0, 0.1) is 11.8 Å². The van der Waals surface area contributed by atoms with Gasteiger partial charge in [0.05, 0.1) is 0 Å². The van der Waals surface area contributed by atoms with Crippen molar-refractivity contribution in [2.45, 2.75) is 64.0 Å². The fraction of sp³-hybridized carbons (Fsp3) is 0.933. The number of piperidine rings is 1. The molecular formula is C15H26N2O. The summed E-state index contributed by atoms with van der Waals surface area (Å²) >= 11 is 0. The van der Waals surface area contributed by atoms with Gasteiger partial charge < -0.3 is 10.2 Å². The summed E-state index contributed by atoms with van der Waals surface area (Å²) in [5.74, 6) is 2.15. The van der Waals surface area contributed by atoms with Crippen LogP contribution in [0.1, 0.15) is 51.9 Å². The van der Waals surface area contributed by atoms with Gasteiger partial charge in [0, 0.05) is 25.0 Å². The zero-order valence-corrected chi connectivity index (χ0v) is 11.5. The quantitative estimate of drug-likeness (QED) is 0.832. The topological polar surface area (TPSA) is 32.3 Å². The molecule has 3 aliphatic rings. The molecule has 18 heavy (non-hydrogen) atoms. The molecule has 102 valence electrons. The Hall–Kier alpha value is -0.570. The van der Waals surface area contributed by atoms with Crippen molar-refractivity contribution in [1.82, 2.24) is 10.2 Å². The Bertz CT molecular complexity index is 318. The van der Waals surface area contributed by atoms with Gasteiger partial charge >= 0.3 is 0 Å². The minimum absolute atomic E-state index is 0.386. The van der Waals surface area contributed by atoms with Gasteiger partial charge in [-0.25, -0.2) is 0 Å². The molecule has 2 aliphatic heterocycles. The molecule has 2 heterocycles. The number of amides is 1. The Balaban J connectivity index is 1.52. The van der Waals surface area contributed by atoms with Crippen molar-refractivity contribution in [3.63, 3.8) is 0 Å². The van der Waals surface area contributed by atoms with Gasteiger partial charge in [-0.3, -0.25) is 4.79 Å². The van der Waals surface area contributed by atoms with E-state index in [0.717, 1.165) is 31.3 Å². The van der Waals surface area contributed by atoms with Crippen LogP contribution in [0.5, 0.6) is 0 Å². The molecule has 1 amide bonds. The number of nitrogens with zero attached hydrogens (tertiary/aromatic N) is 1. The molecular weight excluding hydrogens is 224 g/mol. The predicted octanol–water partition coefficient (Wildman–Crippen LogP) is 2.17. The lowest BCUT2D eigenvalue weighted by Gasteiger charge is -2.33. The molecule has 4 unspecified atom stereocenters. The molecule has 2 saturated heterocycles. The number of carbonyl (C=O) groups excluding carboxylic acids is 1. The third kappa shape index (κ3) is 2.42. The molecule has 3 heteroatoms. The maximum absolute atomic E-state index is 12.0. The molecule has 1 saturated carbocycles. The largest absolute Gasteiger partial charge is 0.338 e. The lowest BCUT2D eigenvalue weighted by atomic mass is 9.98. The minimum Gasteiger partial charge on any atom is -0.338 e. The summed E-state index contributed by atoms with van der Waals surface area (Å²) in [6.45, 7) is 4.50. The van der Waals surface area contributed by atoms with Crippen LogP contribution in [0.3, 0.4) is 0 Å². The van der Waals surface area contributed by atoms with Gasteiger partial charge in [-0.1, -0.05) is 13.3 Å². The Morgan fingerprint density at radius 1 is 1.28 bits per heavy atom. The van der Waals surface area contributed by atoms with Gasteiger partial charge in [0.1, 0.15) is 0 Å². The second-order valence-electron chi connectivity index (χ2n) is 6.65. The van der Waals surface area contributed by atoms with E-state index in [4.69, 9.17) is 0 Å². The average molecular weight is 250 g/mol. The average Bonchev–Trinajstić information content (AvgIpc) is 2.92. The van der Waals surface area contributed by atoms with Crippen molar-refractivity contribution in [1.29, 1.82) is 0 Å². The third-order valence-corrected chi connectivity index (χ3v) is 5.20. The highest BCUT2D eigenvalue weighted by Gasteiger charge is 2.40. The molecule has 4 atom stereocenters. The number of carbonyl (C=O) groups is 1. The van der Waals surface area contributed by atoms with Gasteiger partial charge in [0.15, 0.2) is 0 Å². The standard InChI is InChI=1S/C15H26N2O/c1-11-5-6-12(8-11)10-16-13-9-15(18)17-7-3-2-4-14(13)17/h11-14,16H,2-10H2,1H3. The van der Waals surface area contributed by atoms with Crippen molar-refractivity contribution in [3.05, 3.63) is 0 Å². The van der Waals surface area contributed by atoms with E-state index in [0.29, 0.717) is 18.0 Å². The minimum atomic E-state index is 0.386. The number of hydrogen-bond acceptors (Lipinski definition) is 2. The van der Waals surface area contributed by atoms with Gasteiger partial charge in [-0.05, 0) is 50.5 Å². The maximum Gasteiger partial charge on any atom is 0.224 e. The first-order valence-corrected chi connectivity index (χ1v) is 7.77. The molecule has 1 aliphatic carbocycles. The van der Waals surface area contributed by atoms with E-state index < -0.39 is 0 Å². The summed E-state index contributed by atoms with van der Waals surface area (Å²) in [6, 6.07) is 0.943. The molecule has 0 aromatic heterocycles. The van der Waals surface area contributed by atoms with Crippen LogP contribution in [0.15, 0.2) is 0 Å². The smallest absolute Gasteiger partial charge is 0.224 e.